The summed E-state index contributed by atoms with van der Waals surface area (Å²) in [6.45, 7) is 4.99. The second kappa shape index (κ2) is 7.36. The molecule has 0 aliphatic carbocycles. The molecule has 2 heterocycles. The van der Waals surface area contributed by atoms with Crippen molar-refractivity contribution in [2.24, 2.45) is 10.9 Å². The van der Waals surface area contributed by atoms with Gasteiger partial charge in [0.1, 0.15) is 16.8 Å². The first kappa shape index (κ1) is 16.3. The fourth-order valence-electron chi connectivity index (χ4n) is 2.97. The highest BCUT2D eigenvalue weighted by molar-refractivity contribution is 8.14. The molecule has 1 fully saturated rings. The number of phenolic OH excluding ortho intramolecular Hbond substituents is 1. The first-order valence-corrected chi connectivity index (χ1v) is 9.03. The van der Waals surface area contributed by atoms with Crippen molar-refractivity contribution < 1.29 is 14.6 Å². The van der Waals surface area contributed by atoms with Crippen molar-refractivity contribution in [1.29, 1.82) is 0 Å². The molecule has 1 aromatic carbocycles. The van der Waals surface area contributed by atoms with Crippen molar-refractivity contribution in [3.63, 3.8) is 0 Å². The van der Waals surface area contributed by atoms with Crippen molar-refractivity contribution in [2.75, 3.05) is 32.1 Å². The van der Waals surface area contributed by atoms with Crippen LogP contribution in [-0.2, 0) is 9.53 Å². The minimum atomic E-state index is -0.333. The number of rotatable bonds is 5. The van der Waals surface area contributed by atoms with Crippen molar-refractivity contribution in [2.45, 2.75) is 19.4 Å². The number of likely N-dealkylation sites (tertiary alicyclic amines) is 1. The highest BCUT2D eigenvalue weighted by atomic mass is 32.2. The number of thioether (sulfide) groups is 1. The van der Waals surface area contributed by atoms with Crippen LogP contribution in [0.25, 0.3) is 0 Å². The minimum Gasteiger partial charge on any atom is -0.507 e. The topological polar surface area (TPSA) is 62.1 Å². The molecule has 0 aromatic heterocycles. The molecule has 1 N–H and O–H groups in total. The number of hydrogen-bond acceptors (Lipinski definition) is 5. The second-order valence-electron chi connectivity index (χ2n) is 5.88. The fraction of sp³-hybridized carbons (Fsp3) is 0.529. The number of ether oxygens (including phenoxy) is 1. The molecule has 0 saturated carbocycles. The molecule has 5 nitrogen and oxygen atoms in total. The zero-order chi connectivity index (χ0) is 16.2. The fourth-order valence-corrected chi connectivity index (χ4v) is 4.03. The van der Waals surface area contributed by atoms with Crippen LogP contribution in [0.2, 0.25) is 0 Å². The minimum absolute atomic E-state index is 0.0990. The predicted molar refractivity (Wildman–Crippen MR) is 92.1 cm³/mol. The Morgan fingerprint density at radius 2 is 2.30 bits per heavy atom. The van der Waals surface area contributed by atoms with Gasteiger partial charge in [-0.1, -0.05) is 12.1 Å². The molecule has 2 aliphatic rings. The number of nitrogens with zero attached hydrogens (tertiary/aromatic N) is 2. The summed E-state index contributed by atoms with van der Waals surface area (Å²) < 4.78 is 5.46. The van der Waals surface area contributed by atoms with Gasteiger partial charge in [0.15, 0.2) is 0 Å². The maximum atomic E-state index is 12.6. The van der Waals surface area contributed by atoms with Crippen molar-refractivity contribution in [3.8, 4) is 5.75 Å². The van der Waals surface area contributed by atoms with E-state index in [1.54, 1.807) is 12.1 Å². The van der Waals surface area contributed by atoms with E-state index in [1.165, 1.54) is 11.8 Å². The molecule has 2 atom stereocenters. The Bertz CT molecular complexity index is 605. The monoisotopic (exact) mass is 334 g/mol. The summed E-state index contributed by atoms with van der Waals surface area (Å²) >= 11 is 1.54. The lowest BCUT2D eigenvalue weighted by molar-refractivity contribution is -0.131. The molecule has 2 unspecified atom stereocenters. The van der Waals surface area contributed by atoms with Crippen LogP contribution >= 0.6 is 11.8 Å². The third kappa shape index (κ3) is 3.70. The van der Waals surface area contributed by atoms with E-state index in [4.69, 9.17) is 4.74 Å². The highest BCUT2D eigenvalue weighted by Crippen LogP contribution is 2.30. The number of carbonyl (C=O) groups excluding carboxylic acids is 1. The van der Waals surface area contributed by atoms with Gasteiger partial charge in [-0.15, -0.1) is 11.8 Å². The number of benzene rings is 1. The molecule has 0 bridgehead atoms. The molecule has 1 amide bonds. The zero-order valence-electron chi connectivity index (χ0n) is 13.3. The van der Waals surface area contributed by atoms with Gasteiger partial charge in [0.05, 0.1) is 6.61 Å². The van der Waals surface area contributed by atoms with Crippen LogP contribution < -0.4 is 0 Å². The van der Waals surface area contributed by atoms with Crippen LogP contribution in [0.5, 0.6) is 5.75 Å². The summed E-state index contributed by atoms with van der Waals surface area (Å²) in [6, 6.07) is 6.80. The third-order valence-electron chi connectivity index (χ3n) is 4.23. The van der Waals surface area contributed by atoms with Gasteiger partial charge >= 0.3 is 0 Å². The smallest absolute Gasteiger partial charge is 0.248 e. The number of aliphatic imine (C=N–C) groups is 1. The lowest BCUT2D eigenvalue weighted by Crippen LogP contribution is -2.37. The SMILES string of the molecule is CCOCC1CCN(C(=O)C2CSC(c3ccccc3O)=N2)C1. The molecule has 23 heavy (non-hydrogen) atoms. The van der Waals surface area contributed by atoms with Gasteiger partial charge < -0.3 is 14.7 Å². The lowest BCUT2D eigenvalue weighted by Gasteiger charge is -2.18. The summed E-state index contributed by atoms with van der Waals surface area (Å²) in [5.41, 5.74) is 0.712. The van der Waals surface area contributed by atoms with E-state index in [1.807, 2.05) is 24.0 Å². The third-order valence-corrected chi connectivity index (χ3v) is 5.31. The molecule has 1 saturated heterocycles. The molecular weight excluding hydrogens is 312 g/mol. The van der Waals surface area contributed by atoms with Crippen LogP contribution in [0.3, 0.4) is 0 Å². The Hall–Kier alpha value is -1.53. The Labute approximate surface area is 140 Å². The number of hydrogen-bond donors (Lipinski definition) is 1. The lowest BCUT2D eigenvalue weighted by atomic mass is 10.1. The Morgan fingerprint density at radius 1 is 1.48 bits per heavy atom. The van der Waals surface area contributed by atoms with Crippen LogP contribution in [0, 0.1) is 5.92 Å². The van der Waals surface area contributed by atoms with E-state index in [9.17, 15) is 9.90 Å². The van der Waals surface area contributed by atoms with Crippen LogP contribution in [0.15, 0.2) is 29.3 Å². The number of para-hydroxylation sites is 1. The van der Waals surface area contributed by atoms with E-state index < -0.39 is 0 Å². The van der Waals surface area contributed by atoms with Gasteiger partial charge in [-0.25, -0.2) is 0 Å². The maximum absolute atomic E-state index is 12.6. The number of carbonyl (C=O) groups is 1. The van der Waals surface area contributed by atoms with Crippen molar-refractivity contribution in [1.82, 2.24) is 4.90 Å². The normalized spacial score (nSPS) is 24.0. The van der Waals surface area contributed by atoms with Gasteiger partial charge in [0.2, 0.25) is 5.91 Å². The zero-order valence-corrected chi connectivity index (χ0v) is 14.1. The maximum Gasteiger partial charge on any atom is 0.248 e. The molecule has 0 radical (unpaired) electrons. The molecule has 124 valence electrons. The van der Waals surface area contributed by atoms with Crippen molar-refractivity contribution >= 4 is 22.7 Å². The molecular formula is C17H22N2O3S. The van der Waals surface area contributed by atoms with Gasteiger partial charge in [-0.2, -0.15) is 0 Å². The first-order valence-electron chi connectivity index (χ1n) is 8.04. The quantitative estimate of drug-likeness (QED) is 0.896. The Kier molecular flexibility index (Phi) is 5.23. The van der Waals surface area contributed by atoms with Gasteiger partial charge in [0.25, 0.3) is 0 Å². The summed E-state index contributed by atoms with van der Waals surface area (Å²) in [5, 5.41) is 10.7. The molecule has 6 heteroatoms. The first-order chi connectivity index (χ1) is 11.2. The number of aromatic hydroxyl groups is 1. The van der Waals surface area contributed by atoms with Crippen molar-refractivity contribution in [3.05, 3.63) is 29.8 Å². The average molecular weight is 334 g/mol. The average Bonchev–Trinajstić information content (AvgIpc) is 3.22. The van der Waals surface area contributed by atoms with Gasteiger partial charge in [0, 0.05) is 36.9 Å². The van der Waals surface area contributed by atoms with Crippen LogP contribution in [0.4, 0.5) is 0 Å². The number of amides is 1. The summed E-state index contributed by atoms with van der Waals surface area (Å²) in [6.07, 6.45) is 1.00. The number of phenols is 1. The molecule has 2 aliphatic heterocycles. The summed E-state index contributed by atoms with van der Waals surface area (Å²) in [7, 11) is 0. The largest absolute Gasteiger partial charge is 0.507 e. The summed E-state index contributed by atoms with van der Waals surface area (Å²) in [4.78, 5) is 19.1. The molecule has 0 spiro atoms. The van der Waals surface area contributed by atoms with Crippen LogP contribution in [0.1, 0.15) is 18.9 Å². The van der Waals surface area contributed by atoms with Gasteiger partial charge in [-0.3, -0.25) is 9.79 Å². The highest BCUT2D eigenvalue weighted by Gasteiger charge is 2.34. The van der Waals surface area contributed by atoms with Gasteiger partial charge in [-0.05, 0) is 25.5 Å². The Balaban J connectivity index is 1.62. The predicted octanol–water partition coefficient (Wildman–Crippen LogP) is 2.14. The van der Waals surface area contributed by atoms with Crippen LogP contribution in [-0.4, -0.2) is 59.1 Å². The van der Waals surface area contributed by atoms with E-state index in [2.05, 4.69) is 4.99 Å². The molecule has 3 rings (SSSR count). The van der Waals surface area contributed by atoms with E-state index >= 15 is 0 Å². The molecule has 1 aromatic rings. The van der Waals surface area contributed by atoms with E-state index in [-0.39, 0.29) is 17.7 Å². The Morgan fingerprint density at radius 3 is 3.09 bits per heavy atom. The second-order valence-corrected chi connectivity index (χ2v) is 6.89. The van der Waals surface area contributed by atoms with E-state index in [0.29, 0.717) is 17.2 Å². The summed E-state index contributed by atoms with van der Waals surface area (Å²) in [5.74, 6) is 1.40. The standard InChI is InChI=1S/C17H22N2O3S/c1-2-22-10-12-7-8-19(9-12)17(21)14-11-23-16(18-14)13-5-3-4-6-15(13)20/h3-6,12,14,20H,2,7-11H2,1H3. The van der Waals surface area contributed by atoms with E-state index in [0.717, 1.165) is 37.8 Å².